The first kappa shape index (κ1) is 14.9. The number of benzene rings is 1. The number of thioether (sulfide) groups is 1. The number of rotatable bonds is 7. The fourth-order valence-corrected chi connectivity index (χ4v) is 2.80. The minimum atomic E-state index is 0.00436. The van der Waals surface area contributed by atoms with Gasteiger partial charge in [0.1, 0.15) is 0 Å². The molecule has 5 heteroatoms. The van der Waals surface area contributed by atoms with E-state index in [9.17, 15) is 4.79 Å². The standard InChI is InChI=1S/C15H18N2O2S/c16-9-11-1-5-13(6-2-11)20-10-15(19)17-14(7-8-18)12-3-4-12/h1-2,5-6,12,14,18H,3-4,7-8,10H2,(H,17,19). The predicted octanol–water partition coefficient (Wildman–Crippen LogP) is 1.93. The Hall–Kier alpha value is -1.51. The number of nitriles is 1. The molecular formula is C15H18N2O2S. The molecule has 1 atom stereocenters. The summed E-state index contributed by atoms with van der Waals surface area (Å²) in [6.45, 7) is 0.115. The first-order valence-electron chi connectivity index (χ1n) is 6.76. The van der Waals surface area contributed by atoms with Gasteiger partial charge in [0, 0.05) is 17.5 Å². The quantitative estimate of drug-likeness (QED) is 0.753. The molecule has 106 valence electrons. The monoisotopic (exact) mass is 290 g/mol. The molecule has 1 aromatic carbocycles. The number of nitrogens with one attached hydrogen (secondary N) is 1. The molecule has 0 heterocycles. The molecule has 2 rings (SSSR count). The van der Waals surface area contributed by atoms with Crippen LogP contribution in [0.2, 0.25) is 0 Å². The number of carbonyl (C=O) groups is 1. The highest BCUT2D eigenvalue weighted by Gasteiger charge is 2.31. The average molecular weight is 290 g/mol. The third-order valence-electron chi connectivity index (χ3n) is 3.33. The van der Waals surface area contributed by atoms with Crippen molar-refractivity contribution in [2.45, 2.75) is 30.2 Å². The molecule has 1 amide bonds. The lowest BCUT2D eigenvalue weighted by Gasteiger charge is -2.16. The lowest BCUT2D eigenvalue weighted by molar-refractivity contribution is -0.119. The van der Waals surface area contributed by atoms with Crippen molar-refractivity contribution in [3.05, 3.63) is 29.8 Å². The van der Waals surface area contributed by atoms with Crippen molar-refractivity contribution in [2.75, 3.05) is 12.4 Å². The second-order valence-electron chi connectivity index (χ2n) is 4.95. The minimum absolute atomic E-state index is 0.00436. The zero-order chi connectivity index (χ0) is 14.4. The van der Waals surface area contributed by atoms with Gasteiger partial charge < -0.3 is 10.4 Å². The van der Waals surface area contributed by atoms with Gasteiger partial charge in [-0.25, -0.2) is 0 Å². The second kappa shape index (κ2) is 7.32. The van der Waals surface area contributed by atoms with Crippen LogP contribution in [-0.4, -0.2) is 29.4 Å². The van der Waals surface area contributed by atoms with E-state index < -0.39 is 0 Å². The van der Waals surface area contributed by atoms with Crippen molar-refractivity contribution >= 4 is 17.7 Å². The Balaban J connectivity index is 1.77. The highest BCUT2D eigenvalue weighted by atomic mass is 32.2. The van der Waals surface area contributed by atoms with E-state index in [2.05, 4.69) is 11.4 Å². The lowest BCUT2D eigenvalue weighted by Crippen LogP contribution is -2.38. The highest BCUT2D eigenvalue weighted by molar-refractivity contribution is 8.00. The zero-order valence-corrected chi connectivity index (χ0v) is 12.0. The van der Waals surface area contributed by atoms with Crippen molar-refractivity contribution in [3.8, 4) is 6.07 Å². The van der Waals surface area contributed by atoms with E-state index in [0.717, 1.165) is 17.7 Å². The van der Waals surface area contributed by atoms with E-state index in [0.29, 0.717) is 23.7 Å². The van der Waals surface area contributed by atoms with Gasteiger partial charge in [-0.05, 0) is 49.4 Å². The van der Waals surface area contributed by atoms with Crippen LogP contribution in [0.15, 0.2) is 29.2 Å². The minimum Gasteiger partial charge on any atom is -0.396 e. The molecule has 1 unspecified atom stereocenters. The summed E-state index contributed by atoms with van der Waals surface area (Å²) in [5.74, 6) is 0.913. The molecule has 0 radical (unpaired) electrons. The van der Waals surface area contributed by atoms with Gasteiger partial charge in [0.2, 0.25) is 5.91 Å². The summed E-state index contributed by atoms with van der Waals surface area (Å²) in [6.07, 6.45) is 2.93. The molecule has 0 aromatic heterocycles. The van der Waals surface area contributed by atoms with Crippen molar-refractivity contribution in [3.63, 3.8) is 0 Å². The maximum absolute atomic E-state index is 11.9. The van der Waals surface area contributed by atoms with E-state index in [1.807, 2.05) is 12.1 Å². The normalized spacial score (nSPS) is 15.4. The summed E-state index contributed by atoms with van der Waals surface area (Å²) < 4.78 is 0. The topological polar surface area (TPSA) is 73.1 Å². The molecule has 1 aromatic rings. The Labute approximate surface area is 123 Å². The van der Waals surface area contributed by atoms with Crippen molar-refractivity contribution < 1.29 is 9.90 Å². The van der Waals surface area contributed by atoms with Crippen LogP contribution in [0.5, 0.6) is 0 Å². The Morgan fingerprint density at radius 2 is 2.15 bits per heavy atom. The molecule has 1 aliphatic rings. The van der Waals surface area contributed by atoms with Crippen molar-refractivity contribution in [2.24, 2.45) is 5.92 Å². The number of aliphatic hydroxyl groups is 1. The van der Waals surface area contributed by atoms with Crippen molar-refractivity contribution in [1.82, 2.24) is 5.32 Å². The van der Waals surface area contributed by atoms with Crippen molar-refractivity contribution in [1.29, 1.82) is 5.26 Å². The number of hydrogen-bond donors (Lipinski definition) is 2. The Morgan fingerprint density at radius 3 is 2.70 bits per heavy atom. The number of carbonyl (C=O) groups excluding carboxylic acids is 1. The molecule has 4 nitrogen and oxygen atoms in total. The second-order valence-corrected chi connectivity index (χ2v) is 6.00. The molecule has 20 heavy (non-hydrogen) atoms. The Kier molecular flexibility index (Phi) is 5.45. The maximum Gasteiger partial charge on any atom is 0.230 e. The van der Waals surface area contributed by atoms with Crippen LogP contribution in [-0.2, 0) is 4.79 Å². The molecule has 1 aliphatic carbocycles. The number of aliphatic hydroxyl groups excluding tert-OH is 1. The number of hydrogen-bond acceptors (Lipinski definition) is 4. The van der Waals surface area contributed by atoms with Gasteiger partial charge in [0.25, 0.3) is 0 Å². The molecule has 0 saturated heterocycles. The average Bonchev–Trinajstić information content (AvgIpc) is 3.30. The summed E-state index contributed by atoms with van der Waals surface area (Å²) in [5.41, 5.74) is 0.621. The van der Waals surface area contributed by atoms with Gasteiger partial charge in [-0.2, -0.15) is 5.26 Å². The largest absolute Gasteiger partial charge is 0.396 e. The van der Waals surface area contributed by atoms with Crippen LogP contribution in [0.25, 0.3) is 0 Å². The van der Waals surface area contributed by atoms with Crippen LogP contribution in [0, 0.1) is 17.2 Å². The number of amides is 1. The van der Waals surface area contributed by atoms with Gasteiger partial charge in [0.05, 0.1) is 17.4 Å². The van der Waals surface area contributed by atoms with Gasteiger partial charge in [-0.1, -0.05) is 0 Å². The third-order valence-corrected chi connectivity index (χ3v) is 4.34. The molecular weight excluding hydrogens is 272 g/mol. The van der Waals surface area contributed by atoms with Crippen LogP contribution >= 0.6 is 11.8 Å². The molecule has 1 fully saturated rings. The van der Waals surface area contributed by atoms with Crippen LogP contribution in [0.1, 0.15) is 24.8 Å². The van der Waals surface area contributed by atoms with E-state index in [1.54, 1.807) is 12.1 Å². The maximum atomic E-state index is 11.9. The highest BCUT2D eigenvalue weighted by Crippen LogP contribution is 2.34. The Bertz CT molecular complexity index is 492. The van der Waals surface area contributed by atoms with Gasteiger partial charge in [-0.3, -0.25) is 4.79 Å². The summed E-state index contributed by atoms with van der Waals surface area (Å²) >= 11 is 1.46. The first-order chi connectivity index (χ1) is 9.72. The van der Waals surface area contributed by atoms with E-state index in [4.69, 9.17) is 10.4 Å². The van der Waals surface area contributed by atoms with Crippen LogP contribution in [0.3, 0.4) is 0 Å². The SMILES string of the molecule is N#Cc1ccc(SCC(=O)NC(CCO)C2CC2)cc1. The van der Waals surface area contributed by atoms with Gasteiger partial charge in [0.15, 0.2) is 0 Å². The number of nitrogens with zero attached hydrogens (tertiary/aromatic N) is 1. The zero-order valence-electron chi connectivity index (χ0n) is 11.2. The smallest absolute Gasteiger partial charge is 0.230 e. The molecule has 2 N–H and O–H groups in total. The van der Waals surface area contributed by atoms with E-state index in [-0.39, 0.29) is 18.6 Å². The third kappa shape index (κ3) is 4.55. The fourth-order valence-electron chi connectivity index (χ4n) is 2.09. The van der Waals surface area contributed by atoms with E-state index >= 15 is 0 Å². The molecule has 0 spiro atoms. The van der Waals surface area contributed by atoms with Gasteiger partial charge in [-0.15, -0.1) is 11.8 Å². The summed E-state index contributed by atoms with van der Waals surface area (Å²) in [6, 6.07) is 9.38. The predicted molar refractivity (Wildman–Crippen MR) is 78.2 cm³/mol. The van der Waals surface area contributed by atoms with Crippen LogP contribution in [0.4, 0.5) is 0 Å². The summed E-state index contributed by atoms with van der Waals surface area (Å²) in [7, 11) is 0. The Morgan fingerprint density at radius 1 is 1.45 bits per heavy atom. The van der Waals surface area contributed by atoms with Crippen LogP contribution < -0.4 is 5.32 Å². The molecule has 0 aliphatic heterocycles. The lowest BCUT2D eigenvalue weighted by atomic mass is 10.1. The summed E-state index contributed by atoms with van der Waals surface area (Å²) in [5, 5.41) is 20.7. The van der Waals surface area contributed by atoms with Gasteiger partial charge >= 0.3 is 0 Å². The fraction of sp³-hybridized carbons (Fsp3) is 0.467. The summed E-state index contributed by atoms with van der Waals surface area (Å²) in [4.78, 5) is 12.9. The molecule has 0 bridgehead atoms. The van der Waals surface area contributed by atoms with E-state index in [1.165, 1.54) is 11.8 Å². The molecule has 1 saturated carbocycles. The first-order valence-corrected chi connectivity index (χ1v) is 7.74.